The Morgan fingerprint density at radius 3 is 2.76 bits per heavy atom. The van der Waals surface area contributed by atoms with Crippen LogP contribution in [-0.2, 0) is 6.54 Å². The maximum absolute atomic E-state index is 4.41. The zero-order valence-corrected chi connectivity index (χ0v) is 11.8. The number of nitrogens with one attached hydrogen (secondary N) is 1. The van der Waals surface area contributed by atoms with E-state index < -0.39 is 0 Å². The topological polar surface area (TPSA) is 55.6 Å². The summed E-state index contributed by atoms with van der Waals surface area (Å²) in [4.78, 5) is 0. The van der Waals surface area contributed by atoms with Gasteiger partial charge in [0.1, 0.15) is 0 Å². The fraction of sp³-hybridized carbons (Fsp3) is 0.188. The van der Waals surface area contributed by atoms with Gasteiger partial charge in [0.2, 0.25) is 0 Å². The second kappa shape index (κ2) is 6.28. The smallest absolute Gasteiger partial charge is 0.0769 e. The number of hydrogen-bond acceptors (Lipinski definition) is 4. The van der Waals surface area contributed by atoms with Crippen LogP contribution in [-0.4, -0.2) is 20.0 Å². The Morgan fingerprint density at radius 2 is 2.00 bits per heavy atom. The van der Waals surface area contributed by atoms with Gasteiger partial charge in [0.05, 0.1) is 17.6 Å². The summed E-state index contributed by atoms with van der Waals surface area (Å²) < 4.78 is 1.88. The van der Waals surface area contributed by atoms with Gasteiger partial charge in [0, 0.05) is 30.5 Å². The second-order valence-electron chi connectivity index (χ2n) is 4.87. The van der Waals surface area contributed by atoms with E-state index in [9.17, 15) is 0 Å². The number of rotatable bonds is 5. The van der Waals surface area contributed by atoms with Gasteiger partial charge in [0.25, 0.3) is 0 Å². The zero-order chi connectivity index (χ0) is 14.5. The molecule has 0 saturated heterocycles. The molecule has 0 aliphatic rings. The number of nitrogens with zero attached hydrogens (tertiary/aromatic N) is 4. The molecule has 21 heavy (non-hydrogen) atoms. The molecule has 0 aliphatic heterocycles. The predicted octanol–water partition coefficient (Wildman–Crippen LogP) is 2.51. The average molecular weight is 279 g/mol. The molecule has 1 N–H and O–H groups in total. The van der Waals surface area contributed by atoms with E-state index in [0.717, 1.165) is 16.9 Å². The minimum Gasteiger partial charge on any atom is -0.304 e. The van der Waals surface area contributed by atoms with E-state index in [1.165, 1.54) is 0 Å². The first-order valence-corrected chi connectivity index (χ1v) is 6.93. The van der Waals surface area contributed by atoms with Gasteiger partial charge >= 0.3 is 0 Å². The van der Waals surface area contributed by atoms with Crippen molar-refractivity contribution in [2.75, 3.05) is 0 Å². The van der Waals surface area contributed by atoms with Crippen molar-refractivity contribution in [3.05, 3.63) is 72.3 Å². The maximum Gasteiger partial charge on any atom is 0.0769 e. The van der Waals surface area contributed by atoms with E-state index in [-0.39, 0.29) is 6.04 Å². The molecule has 1 unspecified atom stereocenters. The minimum atomic E-state index is 0.199. The highest BCUT2D eigenvalue weighted by molar-refractivity contribution is 5.31. The van der Waals surface area contributed by atoms with Crippen LogP contribution in [0.4, 0.5) is 0 Å². The molecule has 1 atom stereocenters. The Morgan fingerprint density at radius 1 is 1.14 bits per heavy atom. The lowest BCUT2D eigenvalue weighted by Crippen LogP contribution is -2.18. The Labute approximate surface area is 123 Å². The fourth-order valence-corrected chi connectivity index (χ4v) is 2.09. The predicted molar refractivity (Wildman–Crippen MR) is 80.9 cm³/mol. The van der Waals surface area contributed by atoms with Gasteiger partial charge in [-0.05, 0) is 31.2 Å². The largest absolute Gasteiger partial charge is 0.304 e. The number of aromatic nitrogens is 4. The third-order valence-electron chi connectivity index (χ3n) is 3.34. The summed E-state index contributed by atoms with van der Waals surface area (Å²) in [7, 11) is 0. The lowest BCUT2D eigenvalue weighted by molar-refractivity contribution is 0.564. The first-order chi connectivity index (χ1) is 10.3. The minimum absolute atomic E-state index is 0.199. The van der Waals surface area contributed by atoms with E-state index in [2.05, 4.69) is 27.5 Å². The lowest BCUT2D eigenvalue weighted by atomic mass is 10.2. The normalized spacial score (nSPS) is 12.2. The van der Waals surface area contributed by atoms with Crippen LogP contribution >= 0.6 is 0 Å². The van der Waals surface area contributed by atoms with Crippen LogP contribution in [0.15, 0.2) is 61.1 Å². The van der Waals surface area contributed by atoms with Crippen molar-refractivity contribution in [1.29, 1.82) is 0 Å². The van der Waals surface area contributed by atoms with Gasteiger partial charge < -0.3 is 5.32 Å². The molecule has 0 spiro atoms. The Kier molecular flexibility index (Phi) is 4.02. The summed E-state index contributed by atoms with van der Waals surface area (Å²) in [6.07, 6.45) is 5.61. The zero-order valence-electron chi connectivity index (χ0n) is 11.8. The highest BCUT2D eigenvalue weighted by atomic mass is 15.3. The Balaban J connectivity index is 1.66. The van der Waals surface area contributed by atoms with Crippen molar-refractivity contribution in [1.82, 2.24) is 25.3 Å². The Hall–Kier alpha value is -2.53. The molecule has 0 bridgehead atoms. The lowest BCUT2D eigenvalue weighted by Gasteiger charge is -2.11. The summed E-state index contributed by atoms with van der Waals surface area (Å²) in [5.74, 6) is 0. The Bertz CT molecular complexity index is 678. The quantitative estimate of drug-likeness (QED) is 0.779. The molecule has 0 amide bonds. The van der Waals surface area contributed by atoms with E-state index in [0.29, 0.717) is 6.54 Å². The highest BCUT2D eigenvalue weighted by Gasteiger charge is 2.08. The molecule has 3 aromatic rings. The van der Waals surface area contributed by atoms with Crippen LogP contribution in [0.5, 0.6) is 0 Å². The van der Waals surface area contributed by atoms with Crippen molar-refractivity contribution >= 4 is 0 Å². The number of para-hydroxylation sites is 1. The standard InChI is InChI=1S/C16H17N5/c1-13(17-11-15-6-5-9-18-20-15)14-10-19-21(12-14)16-7-3-2-4-8-16/h2-10,12-13,17H,11H2,1H3. The van der Waals surface area contributed by atoms with Crippen molar-refractivity contribution in [2.24, 2.45) is 0 Å². The van der Waals surface area contributed by atoms with E-state index in [1.807, 2.05) is 59.5 Å². The van der Waals surface area contributed by atoms with Crippen molar-refractivity contribution in [3.8, 4) is 5.69 Å². The van der Waals surface area contributed by atoms with Crippen LogP contribution < -0.4 is 5.32 Å². The number of hydrogen-bond donors (Lipinski definition) is 1. The maximum atomic E-state index is 4.41. The molecule has 0 radical (unpaired) electrons. The molecular formula is C16H17N5. The first-order valence-electron chi connectivity index (χ1n) is 6.93. The summed E-state index contributed by atoms with van der Waals surface area (Å²) in [6.45, 7) is 2.80. The van der Waals surface area contributed by atoms with E-state index >= 15 is 0 Å². The van der Waals surface area contributed by atoms with Crippen molar-refractivity contribution in [2.45, 2.75) is 19.5 Å². The van der Waals surface area contributed by atoms with Crippen LogP contribution in [0.2, 0.25) is 0 Å². The molecule has 2 heterocycles. The molecule has 3 rings (SSSR count). The van der Waals surface area contributed by atoms with Gasteiger partial charge in [-0.15, -0.1) is 0 Å². The van der Waals surface area contributed by atoms with Crippen LogP contribution in [0, 0.1) is 0 Å². The second-order valence-corrected chi connectivity index (χ2v) is 4.87. The summed E-state index contributed by atoms with van der Waals surface area (Å²) in [5.41, 5.74) is 3.13. The molecule has 5 nitrogen and oxygen atoms in total. The third-order valence-corrected chi connectivity index (χ3v) is 3.34. The molecule has 1 aromatic carbocycles. The molecule has 0 saturated carbocycles. The van der Waals surface area contributed by atoms with Gasteiger partial charge in [-0.2, -0.15) is 15.3 Å². The third kappa shape index (κ3) is 3.32. The van der Waals surface area contributed by atoms with E-state index in [1.54, 1.807) is 6.20 Å². The van der Waals surface area contributed by atoms with Gasteiger partial charge in [-0.1, -0.05) is 18.2 Å². The summed E-state index contributed by atoms with van der Waals surface area (Å²) in [5, 5.41) is 15.8. The summed E-state index contributed by atoms with van der Waals surface area (Å²) >= 11 is 0. The molecule has 0 fully saturated rings. The number of benzene rings is 1. The van der Waals surface area contributed by atoms with Crippen LogP contribution in [0.3, 0.4) is 0 Å². The monoisotopic (exact) mass is 279 g/mol. The molecular weight excluding hydrogens is 262 g/mol. The van der Waals surface area contributed by atoms with Crippen molar-refractivity contribution < 1.29 is 0 Å². The summed E-state index contributed by atoms with van der Waals surface area (Å²) in [6, 6.07) is 14.1. The highest BCUT2D eigenvalue weighted by Crippen LogP contribution is 2.14. The van der Waals surface area contributed by atoms with Gasteiger partial charge in [-0.25, -0.2) is 4.68 Å². The van der Waals surface area contributed by atoms with Crippen molar-refractivity contribution in [3.63, 3.8) is 0 Å². The molecule has 2 aromatic heterocycles. The van der Waals surface area contributed by atoms with Crippen LogP contribution in [0.1, 0.15) is 24.2 Å². The van der Waals surface area contributed by atoms with Gasteiger partial charge in [-0.3, -0.25) is 0 Å². The first kappa shape index (κ1) is 13.5. The molecule has 0 aliphatic carbocycles. The molecule has 5 heteroatoms. The van der Waals surface area contributed by atoms with Gasteiger partial charge in [0.15, 0.2) is 0 Å². The average Bonchev–Trinajstić information content (AvgIpc) is 3.04. The SMILES string of the molecule is CC(NCc1cccnn1)c1cnn(-c2ccccc2)c1. The molecule has 106 valence electrons. The van der Waals surface area contributed by atoms with E-state index in [4.69, 9.17) is 0 Å². The van der Waals surface area contributed by atoms with Crippen LogP contribution in [0.25, 0.3) is 5.69 Å². The fourth-order valence-electron chi connectivity index (χ4n) is 2.09.